The molecule has 74 heavy (non-hydrogen) atoms. The van der Waals surface area contributed by atoms with Crippen LogP contribution >= 0.6 is 0 Å². The van der Waals surface area contributed by atoms with Crippen molar-refractivity contribution in [2.45, 2.75) is 141 Å². The summed E-state index contributed by atoms with van der Waals surface area (Å²) >= 11 is 0. The van der Waals surface area contributed by atoms with Crippen LogP contribution in [0.3, 0.4) is 0 Å². The Kier molecular flexibility index (Phi) is 26.3. The fraction of sp³-hybridized carbons (Fsp3) is 0.527. The van der Waals surface area contributed by atoms with E-state index in [1.165, 1.54) is 107 Å². The molecule has 0 amide bonds. The molecule has 0 spiro atoms. The number of unbranched alkanes of at least 4 members (excludes halogenated alkanes) is 2. The zero-order valence-electron chi connectivity index (χ0n) is 46.2. The molecule has 3 aromatic carbocycles. The van der Waals surface area contributed by atoms with Crippen LogP contribution in [0.25, 0.3) is 0 Å². The summed E-state index contributed by atoms with van der Waals surface area (Å²) in [5, 5.41) is 10.9. The van der Waals surface area contributed by atoms with Crippen LogP contribution in [-0.2, 0) is 46.0 Å². The first-order chi connectivity index (χ1) is 34.6. The lowest BCUT2D eigenvalue weighted by atomic mass is 9.81. The van der Waals surface area contributed by atoms with Gasteiger partial charge in [0.15, 0.2) is 5.71 Å². The number of carboxylic acids is 1. The average Bonchev–Trinajstić information content (AvgIpc) is 3.70. The van der Waals surface area contributed by atoms with Crippen molar-refractivity contribution < 1.29 is 68.1 Å². The number of nitrogens with one attached hydrogen (secondary N) is 3. The number of aliphatic carboxylic acids is 1. The van der Waals surface area contributed by atoms with E-state index in [1.54, 1.807) is 56.0 Å². The molecule has 16 nitrogen and oxygen atoms in total. The maximum atomic E-state index is 11.9. The van der Waals surface area contributed by atoms with Gasteiger partial charge in [-0.25, -0.2) is 25.3 Å². The molecule has 0 aromatic heterocycles. The van der Waals surface area contributed by atoms with Crippen LogP contribution in [-0.4, -0.2) is 121 Å². The molecule has 5 rings (SSSR count). The number of rotatable bonds is 22. The van der Waals surface area contributed by atoms with Crippen molar-refractivity contribution in [1.82, 2.24) is 0 Å². The molecule has 2 aliphatic rings. The molecule has 3 aromatic rings. The number of nitrogens with zero attached hydrogens (tertiary/aromatic N) is 2. The van der Waals surface area contributed by atoms with E-state index < -0.39 is 56.9 Å². The third kappa shape index (κ3) is 18.3. The summed E-state index contributed by atoms with van der Waals surface area (Å²) in [5.74, 6) is -1.13. The molecule has 19 heteroatoms. The molecule has 0 saturated heterocycles. The quantitative estimate of drug-likeness (QED) is 0.0561. The van der Waals surface area contributed by atoms with Gasteiger partial charge in [0.05, 0.1) is 84.7 Å². The van der Waals surface area contributed by atoms with Crippen molar-refractivity contribution in [2.24, 2.45) is 0 Å². The molecular formula is C55H85N5O11S3. The molecule has 3 N–H and O–H groups in total. The van der Waals surface area contributed by atoms with Gasteiger partial charge < -0.3 is 43.2 Å². The lowest BCUT2D eigenvalue weighted by Gasteiger charge is -2.27. The van der Waals surface area contributed by atoms with Crippen LogP contribution in [0.5, 0.6) is 0 Å². The molecule has 2 heterocycles. The second-order valence-corrected chi connectivity index (χ2v) is 23.4. The highest BCUT2D eigenvalue weighted by molar-refractivity contribution is 7.86. The fourth-order valence-electron chi connectivity index (χ4n) is 9.13. The van der Waals surface area contributed by atoms with Crippen LogP contribution in [0.2, 0.25) is 0 Å². The molecule has 0 radical (unpaired) electrons. The van der Waals surface area contributed by atoms with E-state index >= 15 is 0 Å². The number of anilines is 2. The van der Waals surface area contributed by atoms with E-state index in [0.717, 1.165) is 11.4 Å². The first-order valence-corrected chi connectivity index (χ1v) is 30.3. The summed E-state index contributed by atoms with van der Waals surface area (Å²) in [5.41, 5.74) is 2.36. The van der Waals surface area contributed by atoms with Gasteiger partial charge in [0.25, 0.3) is 0 Å². The van der Waals surface area contributed by atoms with E-state index in [0.29, 0.717) is 54.0 Å². The van der Waals surface area contributed by atoms with Gasteiger partial charge in [-0.05, 0) is 156 Å². The van der Waals surface area contributed by atoms with Gasteiger partial charge >= 0.3 is 0 Å². The zero-order valence-corrected chi connectivity index (χ0v) is 48.6. The van der Waals surface area contributed by atoms with Gasteiger partial charge in [-0.15, -0.1) is 0 Å². The van der Waals surface area contributed by atoms with Crippen LogP contribution in [0.15, 0.2) is 111 Å². The van der Waals surface area contributed by atoms with E-state index in [-0.39, 0.29) is 11.3 Å². The number of carbonyl (C=O) groups is 1. The number of hydrogen-bond acceptors (Lipinski definition) is 12. The number of carbonyl (C=O) groups excluding carboxylic acids is 1. The summed E-state index contributed by atoms with van der Waals surface area (Å²) in [6.45, 7) is 39.4. The average molecular weight is 1090 g/mol. The minimum Gasteiger partial charge on any atom is -0.744 e. The monoisotopic (exact) mass is 1090 g/mol. The topological polar surface area (TPSA) is 231 Å². The molecule has 2 aliphatic heterocycles. The summed E-state index contributed by atoms with van der Waals surface area (Å²) < 4.78 is 109. The number of hydrogen-bond donors (Lipinski definition) is 3. The summed E-state index contributed by atoms with van der Waals surface area (Å²) in [6, 6.07) is 13.6. The fourth-order valence-corrected chi connectivity index (χ4v) is 10.6. The number of benzene rings is 3. The third-order valence-electron chi connectivity index (χ3n) is 14.1. The highest BCUT2D eigenvalue weighted by Crippen LogP contribution is 2.52. The van der Waals surface area contributed by atoms with Crippen molar-refractivity contribution >= 4 is 59.1 Å². The van der Waals surface area contributed by atoms with Gasteiger partial charge in [0.1, 0.15) is 36.9 Å². The second-order valence-electron chi connectivity index (χ2n) is 19.3. The standard InChI is InChI=1S/C37H40N2O11S3.3C6H15N/c1-36(2)29-23-27(52(45,46)47)17-19-31(29)38(21-10-6-9-16-35(40)41)33(36)14-7-5-8-15-34-37(3,4)30-24-28(53(48,49)50)18-20-32(30)39(34)25-12-11-13-26(22-25)51(42,43)44;3*1-4-7(5-2)6-3/h5,7-8,11-15,17-20,22-24H,6,9-10,16,21H2,1-4H3,(H3-,40,41,42,43,44,45,46,47,48,49,50);3*4-6H2,1-3H3. The molecule has 0 aliphatic carbocycles. The first-order valence-electron chi connectivity index (χ1n) is 26.1. The van der Waals surface area contributed by atoms with Crippen molar-refractivity contribution in [3.8, 4) is 0 Å². The minimum absolute atomic E-state index is 0.0645. The highest BCUT2D eigenvalue weighted by Gasteiger charge is 2.45. The lowest BCUT2D eigenvalue weighted by Crippen LogP contribution is -3.11. The first kappa shape index (κ1) is 65.5. The van der Waals surface area contributed by atoms with Crippen LogP contribution in [0.1, 0.15) is 127 Å². The smallest absolute Gasteiger partial charge is 0.209 e. The number of allylic oxidation sites excluding steroid dienone is 6. The Balaban J connectivity index is 0.000000746. The highest BCUT2D eigenvalue weighted by atomic mass is 32.2. The van der Waals surface area contributed by atoms with Crippen molar-refractivity contribution in [3.63, 3.8) is 0 Å². The van der Waals surface area contributed by atoms with Crippen molar-refractivity contribution in [1.29, 1.82) is 0 Å². The summed E-state index contributed by atoms with van der Waals surface area (Å²) in [6.07, 6.45) is 10.4. The predicted molar refractivity (Wildman–Crippen MR) is 289 cm³/mol. The van der Waals surface area contributed by atoms with Crippen LogP contribution in [0.4, 0.5) is 17.1 Å². The summed E-state index contributed by atoms with van der Waals surface area (Å²) in [7, 11) is -14.3. The van der Waals surface area contributed by atoms with E-state index in [9.17, 15) is 48.8 Å². The number of fused-ring (bicyclic) bond motifs is 2. The normalized spacial score (nSPS) is 15.6. The van der Waals surface area contributed by atoms with Gasteiger partial charge in [0.2, 0.25) is 5.69 Å². The molecule has 0 atom stereocenters. The van der Waals surface area contributed by atoms with Gasteiger partial charge in [-0.3, -0.25) is 0 Å². The number of carboxylic acid groups (broad SMARTS) is 1. The molecule has 0 saturated carbocycles. The van der Waals surface area contributed by atoms with Gasteiger partial charge in [-0.1, -0.05) is 38.1 Å². The van der Waals surface area contributed by atoms with Crippen molar-refractivity contribution in [2.75, 3.05) is 70.3 Å². The lowest BCUT2D eigenvalue weighted by molar-refractivity contribution is -0.894. The van der Waals surface area contributed by atoms with Gasteiger partial charge in [-0.2, -0.15) is 4.58 Å². The number of quaternary nitrogens is 3. The Bertz CT molecular complexity index is 2730. The maximum absolute atomic E-state index is 11.9. The largest absolute Gasteiger partial charge is 0.744 e. The van der Waals surface area contributed by atoms with E-state index in [4.69, 9.17) is 0 Å². The Labute approximate surface area is 444 Å². The van der Waals surface area contributed by atoms with E-state index in [2.05, 4.69) is 62.3 Å². The predicted octanol–water partition coefficient (Wildman–Crippen LogP) is 4.00. The third-order valence-corrected chi connectivity index (χ3v) is 16.6. The maximum Gasteiger partial charge on any atom is 0.209 e. The van der Waals surface area contributed by atoms with Crippen molar-refractivity contribution in [3.05, 3.63) is 108 Å². The zero-order chi connectivity index (χ0) is 56.2. The molecule has 0 bridgehead atoms. The van der Waals surface area contributed by atoms with Crippen LogP contribution < -0.4 is 24.7 Å². The SMILES string of the molecule is CC1(C)C(/C=C/C=C/C=C2/N(c3cccc(S(=O)(=O)[O-])c3)c3ccc(S(=O)(=O)[O-])cc3C2(C)C)=[N+](CCCCCC(=O)[O-])c2ccc(S(=O)(=O)[O-])cc21.CC[NH+](CC)CC.CC[NH+](CC)CC.CC[NH+](CC)CC. The molecular weight excluding hydrogens is 1000 g/mol. The Morgan fingerprint density at radius 1 is 0.568 bits per heavy atom. The van der Waals surface area contributed by atoms with E-state index in [1.807, 2.05) is 38.3 Å². The molecule has 0 fully saturated rings. The Morgan fingerprint density at radius 3 is 1.47 bits per heavy atom. The summed E-state index contributed by atoms with van der Waals surface area (Å²) in [4.78, 5) is 16.4. The van der Waals surface area contributed by atoms with Gasteiger partial charge in [0, 0.05) is 46.9 Å². The van der Waals surface area contributed by atoms with Crippen LogP contribution in [0, 0.1) is 0 Å². The molecule has 0 unspecified atom stereocenters. The Morgan fingerprint density at radius 2 is 1.03 bits per heavy atom. The molecule has 414 valence electrons. The second kappa shape index (κ2) is 29.7. The minimum atomic E-state index is -4.81. The Hall–Kier alpha value is -4.57.